The zero-order valence-corrected chi connectivity index (χ0v) is 23.4. The zero-order valence-electron chi connectivity index (χ0n) is 22.7. The van der Waals surface area contributed by atoms with Crippen molar-refractivity contribution in [3.63, 3.8) is 0 Å². The van der Waals surface area contributed by atoms with E-state index in [4.69, 9.17) is 25.8 Å². The number of allylic oxidation sites excluding steroid dienone is 2. The van der Waals surface area contributed by atoms with Crippen LogP contribution in [0, 0.1) is 5.92 Å². The van der Waals surface area contributed by atoms with Crippen molar-refractivity contribution in [1.82, 2.24) is 0 Å². The molecule has 2 aromatic carbocycles. The van der Waals surface area contributed by atoms with Gasteiger partial charge in [-0.1, -0.05) is 83.2 Å². The number of esters is 2. The van der Waals surface area contributed by atoms with Crippen LogP contribution in [0.4, 0.5) is 0 Å². The molecule has 5 nitrogen and oxygen atoms in total. The Morgan fingerprint density at radius 1 is 0.895 bits per heavy atom. The highest BCUT2D eigenvalue weighted by atomic mass is 35.5. The highest BCUT2D eigenvalue weighted by molar-refractivity contribution is 6.30. The molecule has 0 amide bonds. The van der Waals surface area contributed by atoms with Crippen molar-refractivity contribution >= 4 is 23.5 Å². The number of alkyl halides is 1. The number of hydrogen-bond acceptors (Lipinski definition) is 5. The predicted molar refractivity (Wildman–Crippen MR) is 152 cm³/mol. The van der Waals surface area contributed by atoms with Gasteiger partial charge in [0.1, 0.15) is 16.9 Å². The maximum absolute atomic E-state index is 13.1. The molecule has 1 aliphatic rings. The molecule has 1 aliphatic carbocycles. The molecular weight excluding hydrogens is 500 g/mol. The number of ether oxygens (including phenoxy) is 3. The van der Waals surface area contributed by atoms with Crippen LogP contribution in [0.1, 0.15) is 81.6 Å². The van der Waals surface area contributed by atoms with E-state index < -0.39 is 22.9 Å². The Morgan fingerprint density at radius 3 is 2.18 bits per heavy atom. The zero-order chi connectivity index (χ0) is 27.4. The Balaban J connectivity index is 1.61. The number of halogens is 1. The van der Waals surface area contributed by atoms with Crippen LogP contribution >= 0.6 is 11.6 Å². The Bertz CT molecular complexity index is 1090. The quantitative estimate of drug-likeness (QED) is 0.105. The maximum atomic E-state index is 13.1. The molecule has 0 fully saturated rings. The van der Waals surface area contributed by atoms with E-state index in [1.54, 1.807) is 48.5 Å². The third-order valence-electron chi connectivity index (χ3n) is 6.54. The van der Waals surface area contributed by atoms with Gasteiger partial charge in [0.25, 0.3) is 0 Å². The molecule has 0 radical (unpaired) electrons. The second kappa shape index (κ2) is 14.8. The molecule has 2 atom stereocenters. The van der Waals surface area contributed by atoms with Crippen molar-refractivity contribution in [2.75, 3.05) is 6.61 Å². The van der Waals surface area contributed by atoms with E-state index in [0.717, 1.165) is 17.7 Å². The fourth-order valence-electron chi connectivity index (χ4n) is 4.18. The van der Waals surface area contributed by atoms with Crippen molar-refractivity contribution in [1.29, 1.82) is 0 Å². The average molecular weight is 539 g/mol. The van der Waals surface area contributed by atoms with Crippen molar-refractivity contribution in [2.45, 2.75) is 76.7 Å². The lowest BCUT2D eigenvalue weighted by molar-refractivity contribution is -0.134. The predicted octanol–water partition coefficient (Wildman–Crippen LogP) is 8.16. The van der Waals surface area contributed by atoms with E-state index in [2.05, 4.69) is 6.92 Å². The molecule has 2 aromatic rings. The summed E-state index contributed by atoms with van der Waals surface area (Å²) in [5.41, 5.74) is 0.261. The first-order valence-corrected chi connectivity index (χ1v) is 14.0. The monoisotopic (exact) mass is 538 g/mol. The molecule has 0 aromatic heterocycles. The lowest BCUT2D eigenvalue weighted by atomic mass is 9.87. The normalized spacial score (nSPS) is 17.3. The van der Waals surface area contributed by atoms with Gasteiger partial charge in [0.15, 0.2) is 5.60 Å². The summed E-state index contributed by atoms with van der Waals surface area (Å²) >= 11 is 6.11. The summed E-state index contributed by atoms with van der Waals surface area (Å²) in [6, 6.07) is 14.1. The molecule has 0 saturated carbocycles. The Kier molecular flexibility index (Phi) is 11.5. The Hall–Kier alpha value is -3.05. The minimum absolute atomic E-state index is 0.0359. The molecule has 204 valence electrons. The van der Waals surface area contributed by atoms with Gasteiger partial charge in [-0.3, -0.25) is 4.79 Å². The third kappa shape index (κ3) is 8.49. The van der Waals surface area contributed by atoms with E-state index in [-0.39, 0.29) is 5.92 Å². The number of unbranched alkanes of at least 4 members (excludes halogenated alkanes) is 5. The van der Waals surface area contributed by atoms with Crippen LogP contribution in [0.5, 0.6) is 11.5 Å². The van der Waals surface area contributed by atoms with E-state index in [1.807, 2.05) is 38.2 Å². The Labute approximate surface area is 231 Å². The first-order valence-electron chi connectivity index (χ1n) is 13.6. The largest absolute Gasteiger partial charge is 0.494 e. The van der Waals surface area contributed by atoms with Crippen molar-refractivity contribution in [2.24, 2.45) is 5.92 Å². The minimum atomic E-state index is -0.964. The second-order valence-corrected chi connectivity index (χ2v) is 10.5. The standard InChI is InChI=1S/C32H39ClO5/c1-4-5-6-7-8-12-23-36-27-17-13-25(14-18-27)30(34)38-32(21-10-9-11-22-32)26-15-19-28(20-16-26)37-31(35)29(33)24(2)3/h9-11,13-21,24,29H,4-8,12,22-23H2,1-3H3/t29?,32-/m1/s1. The van der Waals surface area contributed by atoms with Gasteiger partial charge in [-0.15, -0.1) is 11.6 Å². The number of hydrogen-bond donors (Lipinski definition) is 0. The van der Waals surface area contributed by atoms with E-state index >= 15 is 0 Å². The van der Waals surface area contributed by atoms with Crippen molar-refractivity contribution in [3.8, 4) is 11.5 Å². The third-order valence-corrected chi connectivity index (χ3v) is 7.22. The number of carbonyl (C=O) groups excluding carboxylic acids is 2. The van der Waals surface area contributed by atoms with Crippen LogP contribution in [-0.2, 0) is 15.1 Å². The first kappa shape index (κ1) is 29.5. The highest BCUT2D eigenvalue weighted by Gasteiger charge is 2.34. The maximum Gasteiger partial charge on any atom is 0.339 e. The number of benzene rings is 2. The molecule has 38 heavy (non-hydrogen) atoms. The lowest BCUT2D eigenvalue weighted by Gasteiger charge is -2.32. The number of rotatable bonds is 14. The second-order valence-electron chi connectivity index (χ2n) is 10.0. The van der Waals surface area contributed by atoms with Crippen LogP contribution in [0.3, 0.4) is 0 Å². The van der Waals surface area contributed by atoms with Gasteiger partial charge in [-0.05, 0) is 54.8 Å². The minimum Gasteiger partial charge on any atom is -0.494 e. The van der Waals surface area contributed by atoms with Crippen LogP contribution in [0.15, 0.2) is 72.8 Å². The van der Waals surface area contributed by atoms with E-state index in [1.165, 1.54) is 32.1 Å². The molecule has 1 unspecified atom stereocenters. The summed E-state index contributed by atoms with van der Waals surface area (Å²) in [7, 11) is 0. The van der Waals surface area contributed by atoms with Gasteiger partial charge >= 0.3 is 11.9 Å². The summed E-state index contributed by atoms with van der Waals surface area (Å²) in [6.07, 6.45) is 15.4. The smallest absolute Gasteiger partial charge is 0.339 e. The first-order chi connectivity index (χ1) is 18.3. The van der Waals surface area contributed by atoms with Crippen LogP contribution < -0.4 is 9.47 Å². The molecule has 0 bridgehead atoms. The molecule has 3 rings (SSSR count). The summed E-state index contributed by atoms with van der Waals surface area (Å²) < 4.78 is 17.3. The van der Waals surface area contributed by atoms with Crippen molar-refractivity contribution < 1.29 is 23.8 Å². The molecule has 6 heteroatoms. The lowest BCUT2D eigenvalue weighted by Crippen LogP contribution is -2.31. The van der Waals surface area contributed by atoms with E-state index in [9.17, 15) is 9.59 Å². The number of carbonyl (C=O) groups is 2. The fraction of sp³-hybridized carbons (Fsp3) is 0.438. The van der Waals surface area contributed by atoms with Crippen LogP contribution in [0.2, 0.25) is 0 Å². The fourth-order valence-corrected chi connectivity index (χ4v) is 4.23. The van der Waals surface area contributed by atoms with Crippen LogP contribution in [0.25, 0.3) is 0 Å². The van der Waals surface area contributed by atoms with Crippen molar-refractivity contribution in [3.05, 3.63) is 84.0 Å². The molecule has 0 saturated heterocycles. The summed E-state index contributed by atoms with van der Waals surface area (Å²) in [5, 5.41) is -0.722. The highest BCUT2D eigenvalue weighted by Crippen LogP contribution is 2.36. The van der Waals surface area contributed by atoms with E-state index in [0.29, 0.717) is 24.3 Å². The topological polar surface area (TPSA) is 61.8 Å². The van der Waals surface area contributed by atoms with Gasteiger partial charge in [-0.2, -0.15) is 0 Å². The average Bonchev–Trinajstić information content (AvgIpc) is 2.93. The van der Waals surface area contributed by atoms with Gasteiger partial charge in [-0.25, -0.2) is 4.79 Å². The molecule has 0 aliphatic heterocycles. The van der Waals surface area contributed by atoms with Gasteiger partial charge < -0.3 is 14.2 Å². The summed E-state index contributed by atoms with van der Waals surface area (Å²) in [6.45, 7) is 6.61. The van der Waals surface area contributed by atoms with Crippen LogP contribution in [-0.4, -0.2) is 23.9 Å². The molecule has 0 spiro atoms. The summed E-state index contributed by atoms with van der Waals surface area (Å²) in [4.78, 5) is 25.3. The molecule has 0 heterocycles. The summed E-state index contributed by atoms with van der Waals surface area (Å²) in [5.74, 6) is 0.178. The molecular formula is C32H39ClO5. The Morgan fingerprint density at radius 2 is 1.55 bits per heavy atom. The van der Waals surface area contributed by atoms with Gasteiger partial charge in [0.05, 0.1) is 12.2 Å². The molecule has 0 N–H and O–H groups in total. The SMILES string of the molecule is CCCCCCCCOc1ccc(C(=O)O[C@]2(c3ccc(OC(=O)C(Cl)C(C)C)cc3)C=CC=CC2)cc1. The van der Waals surface area contributed by atoms with Gasteiger partial charge in [0.2, 0.25) is 0 Å². The van der Waals surface area contributed by atoms with Gasteiger partial charge in [0, 0.05) is 12.0 Å².